The summed E-state index contributed by atoms with van der Waals surface area (Å²) in [6.07, 6.45) is 4.62. The molecule has 21 heavy (non-hydrogen) atoms. The number of hydrogen-bond acceptors (Lipinski definition) is 4. The lowest BCUT2D eigenvalue weighted by molar-refractivity contribution is 0.327. The fraction of sp³-hybridized carbons (Fsp3) is 0.400. The molecule has 0 unspecified atom stereocenters. The van der Waals surface area contributed by atoms with Gasteiger partial charge in [0.05, 0.1) is 22.9 Å². The summed E-state index contributed by atoms with van der Waals surface area (Å²) in [6.45, 7) is 3.88. The first-order chi connectivity index (χ1) is 10.4. The van der Waals surface area contributed by atoms with Crippen LogP contribution in [0, 0.1) is 0 Å². The Morgan fingerprint density at radius 1 is 1.10 bits per heavy atom. The molecule has 1 aromatic carbocycles. The van der Waals surface area contributed by atoms with Crippen molar-refractivity contribution in [3.05, 3.63) is 42.0 Å². The Bertz CT molecular complexity index is 704. The van der Waals surface area contributed by atoms with E-state index in [0.29, 0.717) is 6.54 Å². The van der Waals surface area contributed by atoms with E-state index >= 15 is 0 Å². The molecule has 1 aliphatic rings. The number of hydrogen-bond donors (Lipinski definition) is 1. The number of likely N-dealkylation sites (tertiary alicyclic amines) is 1. The summed E-state index contributed by atoms with van der Waals surface area (Å²) in [6, 6.07) is 8.05. The van der Waals surface area contributed by atoms with Gasteiger partial charge in [0.2, 0.25) is 0 Å². The van der Waals surface area contributed by atoms with E-state index in [9.17, 15) is 0 Å². The predicted octanol–water partition coefficient (Wildman–Crippen LogP) is 1.80. The summed E-state index contributed by atoms with van der Waals surface area (Å²) in [4.78, 5) is 10.3. The van der Waals surface area contributed by atoms with Crippen LogP contribution in [0.3, 0.4) is 0 Å². The average molecular weight is 282 g/mol. The van der Waals surface area contributed by atoms with Crippen LogP contribution in [-0.2, 0) is 13.1 Å². The molecule has 4 rings (SSSR count). The first kappa shape index (κ1) is 12.5. The van der Waals surface area contributed by atoms with Gasteiger partial charge in [0.25, 0.3) is 0 Å². The fourth-order valence-electron chi connectivity index (χ4n) is 2.89. The Morgan fingerprint density at radius 3 is 2.81 bits per heavy atom. The summed E-state index contributed by atoms with van der Waals surface area (Å²) in [5.74, 6) is 0.911. The molecule has 1 aliphatic heterocycles. The van der Waals surface area contributed by atoms with E-state index in [2.05, 4.69) is 25.2 Å². The molecule has 1 N–H and O–H groups in total. The molecule has 0 spiro atoms. The second kappa shape index (κ2) is 5.29. The molecule has 0 saturated carbocycles. The number of H-pyrrole nitrogens is 1. The highest BCUT2D eigenvalue weighted by Crippen LogP contribution is 2.12. The monoisotopic (exact) mass is 282 g/mol. The minimum absolute atomic E-state index is 0.627. The van der Waals surface area contributed by atoms with Crippen LogP contribution in [0.15, 0.2) is 30.5 Å². The summed E-state index contributed by atoms with van der Waals surface area (Å²) in [5.41, 5.74) is 3.09. The van der Waals surface area contributed by atoms with Crippen LogP contribution in [0.1, 0.15) is 24.4 Å². The Morgan fingerprint density at radius 2 is 1.95 bits per heavy atom. The highest BCUT2D eigenvalue weighted by molar-refractivity contribution is 5.74. The van der Waals surface area contributed by atoms with Crippen molar-refractivity contribution < 1.29 is 0 Å². The van der Waals surface area contributed by atoms with Gasteiger partial charge >= 0.3 is 0 Å². The summed E-state index contributed by atoms with van der Waals surface area (Å²) >= 11 is 0. The molecule has 1 fully saturated rings. The van der Waals surface area contributed by atoms with Crippen LogP contribution < -0.4 is 0 Å². The van der Waals surface area contributed by atoms with Gasteiger partial charge < -0.3 is 4.98 Å². The second-order valence-electron chi connectivity index (χ2n) is 5.59. The third-order valence-electron chi connectivity index (χ3n) is 3.92. The van der Waals surface area contributed by atoms with Crippen molar-refractivity contribution in [1.29, 1.82) is 0 Å². The number of nitrogens with one attached hydrogen (secondary N) is 1. The van der Waals surface area contributed by atoms with Crippen LogP contribution in [0.2, 0.25) is 0 Å². The Kier molecular flexibility index (Phi) is 3.16. The molecule has 0 bridgehead atoms. The lowest BCUT2D eigenvalue weighted by atomic mass is 10.3. The number of para-hydroxylation sites is 2. The van der Waals surface area contributed by atoms with Crippen LogP contribution in [0.25, 0.3) is 11.0 Å². The molecule has 0 atom stereocenters. The Hall–Kier alpha value is -2.21. The van der Waals surface area contributed by atoms with Gasteiger partial charge in [-0.15, -0.1) is 5.10 Å². The molecule has 6 heteroatoms. The zero-order valence-electron chi connectivity index (χ0n) is 11.9. The van der Waals surface area contributed by atoms with Crippen molar-refractivity contribution in [2.45, 2.75) is 25.9 Å². The first-order valence-electron chi connectivity index (χ1n) is 7.42. The smallest absolute Gasteiger partial charge is 0.129 e. The summed E-state index contributed by atoms with van der Waals surface area (Å²) in [5, 5.41) is 8.46. The molecular weight excluding hydrogens is 264 g/mol. The predicted molar refractivity (Wildman–Crippen MR) is 79.7 cm³/mol. The van der Waals surface area contributed by atoms with E-state index in [1.807, 2.05) is 35.1 Å². The minimum Gasteiger partial charge on any atom is -0.340 e. The van der Waals surface area contributed by atoms with Crippen molar-refractivity contribution in [3.63, 3.8) is 0 Å². The zero-order chi connectivity index (χ0) is 14.1. The quantitative estimate of drug-likeness (QED) is 0.792. The average Bonchev–Trinajstić information content (AvgIpc) is 3.20. The van der Waals surface area contributed by atoms with Gasteiger partial charge in [-0.25, -0.2) is 9.67 Å². The third kappa shape index (κ3) is 2.67. The Labute approximate surface area is 122 Å². The van der Waals surface area contributed by atoms with E-state index in [1.165, 1.54) is 25.9 Å². The minimum atomic E-state index is 0.627. The van der Waals surface area contributed by atoms with Gasteiger partial charge in [-0.3, -0.25) is 4.90 Å². The fourth-order valence-corrected chi connectivity index (χ4v) is 2.89. The number of imidazole rings is 1. The first-order valence-corrected chi connectivity index (χ1v) is 7.42. The van der Waals surface area contributed by atoms with Crippen LogP contribution in [-0.4, -0.2) is 43.0 Å². The largest absolute Gasteiger partial charge is 0.340 e. The number of nitrogens with zero attached hydrogens (tertiary/aromatic N) is 5. The van der Waals surface area contributed by atoms with E-state index < -0.39 is 0 Å². The number of aromatic amines is 1. The number of fused-ring (bicyclic) bond motifs is 1. The normalized spacial score (nSPS) is 16.0. The lowest BCUT2D eigenvalue weighted by Gasteiger charge is -2.11. The van der Waals surface area contributed by atoms with Gasteiger partial charge in [0.15, 0.2) is 0 Å². The van der Waals surface area contributed by atoms with Crippen LogP contribution in [0.4, 0.5) is 0 Å². The van der Waals surface area contributed by atoms with Crippen molar-refractivity contribution in [1.82, 2.24) is 29.9 Å². The maximum Gasteiger partial charge on any atom is 0.129 e. The van der Waals surface area contributed by atoms with Gasteiger partial charge in [-0.1, -0.05) is 17.3 Å². The topological polar surface area (TPSA) is 62.6 Å². The van der Waals surface area contributed by atoms with Gasteiger partial charge in [0, 0.05) is 6.54 Å². The van der Waals surface area contributed by atoms with Crippen LogP contribution in [0.5, 0.6) is 0 Å². The maximum absolute atomic E-state index is 4.57. The molecule has 3 aromatic rings. The van der Waals surface area contributed by atoms with Crippen molar-refractivity contribution >= 4 is 11.0 Å². The molecule has 3 heterocycles. The number of rotatable bonds is 4. The van der Waals surface area contributed by atoms with Gasteiger partial charge in [-0.05, 0) is 38.1 Å². The molecule has 0 aliphatic carbocycles. The van der Waals surface area contributed by atoms with E-state index in [4.69, 9.17) is 0 Å². The van der Waals surface area contributed by atoms with E-state index in [-0.39, 0.29) is 0 Å². The SMILES string of the molecule is c1ccc2[nH]c(Cn3cc(CN4CCCC4)nn3)nc2c1. The van der Waals surface area contributed by atoms with E-state index in [1.54, 1.807) is 0 Å². The molecule has 108 valence electrons. The highest BCUT2D eigenvalue weighted by Gasteiger charge is 2.13. The standard InChI is InChI=1S/C15H18N6/c1-2-6-14-13(5-1)16-15(17-14)11-21-10-12(18-19-21)9-20-7-3-4-8-20/h1-2,5-6,10H,3-4,7-9,11H2,(H,16,17). The molecule has 2 aromatic heterocycles. The van der Waals surface area contributed by atoms with E-state index in [0.717, 1.165) is 29.1 Å². The third-order valence-corrected chi connectivity index (χ3v) is 3.92. The van der Waals surface area contributed by atoms with Gasteiger partial charge in [0.1, 0.15) is 12.4 Å². The lowest BCUT2D eigenvalue weighted by Crippen LogP contribution is -2.18. The number of benzene rings is 1. The molecule has 0 amide bonds. The summed E-state index contributed by atoms with van der Waals surface area (Å²) in [7, 11) is 0. The maximum atomic E-state index is 4.57. The molecular formula is C15H18N6. The van der Waals surface area contributed by atoms with Crippen LogP contribution >= 0.6 is 0 Å². The highest BCUT2D eigenvalue weighted by atomic mass is 15.4. The Balaban J connectivity index is 1.47. The number of aromatic nitrogens is 5. The van der Waals surface area contributed by atoms with Gasteiger partial charge in [-0.2, -0.15) is 0 Å². The van der Waals surface area contributed by atoms with Crippen molar-refractivity contribution in [2.24, 2.45) is 0 Å². The molecule has 1 saturated heterocycles. The molecule has 0 radical (unpaired) electrons. The molecule has 6 nitrogen and oxygen atoms in total. The summed E-state index contributed by atoms with van der Waals surface area (Å²) < 4.78 is 1.85. The zero-order valence-corrected chi connectivity index (χ0v) is 11.9. The van der Waals surface area contributed by atoms with Crippen molar-refractivity contribution in [2.75, 3.05) is 13.1 Å². The second-order valence-corrected chi connectivity index (χ2v) is 5.59. The van der Waals surface area contributed by atoms with Crippen molar-refractivity contribution in [3.8, 4) is 0 Å².